The molecule has 3 nitrogen and oxygen atoms in total. The van der Waals surface area contributed by atoms with Crippen molar-refractivity contribution in [2.24, 2.45) is 5.73 Å². The fourth-order valence-electron chi connectivity index (χ4n) is 1.96. The summed E-state index contributed by atoms with van der Waals surface area (Å²) in [6.45, 7) is 4.85. The molecule has 0 aliphatic heterocycles. The summed E-state index contributed by atoms with van der Waals surface area (Å²) in [5.41, 5.74) is 9.59. The van der Waals surface area contributed by atoms with Crippen LogP contribution >= 0.6 is 0 Å². The Morgan fingerprint density at radius 3 is 2.47 bits per heavy atom. The number of hydrogen-bond acceptors (Lipinski definition) is 3. The minimum atomic E-state index is 0.141. The van der Waals surface area contributed by atoms with E-state index in [9.17, 15) is 0 Å². The fourth-order valence-corrected chi connectivity index (χ4v) is 1.96. The van der Waals surface area contributed by atoms with Gasteiger partial charge in [-0.25, -0.2) is 0 Å². The van der Waals surface area contributed by atoms with Gasteiger partial charge in [0.1, 0.15) is 5.75 Å². The van der Waals surface area contributed by atoms with E-state index in [4.69, 9.17) is 15.2 Å². The van der Waals surface area contributed by atoms with Gasteiger partial charge in [0.05, 0.1) is 13.7 Å². The van der Waals surface area contributed by atoms with Gasteiger partial charge < -0.3 is 15.2 Å². The fraction of sp³-hybridized carbons (Fsp3) is 0.571. The van der Waals surface area contributed by atoms with E-state index in [1.165, 1.54) is 16.7 Å². The maximum absolute atomic E-state index is 5.86. The molecule has 0 saturated heterocycles. The maximum Gasteiger partial charge on any atom is 0.122 e. The highest BCUT2D eigenvalue weighted by Crippen LogP contribution is 2.24. The molecule has 0 radical (unpaired) electrons. The number of methoxy groups -OCH3 is 2. The van der Waals surface area contributed by atoms with Crippen LogP contribution < -0.4 is 10.5 Å². The molecule has 0 heterocycles. The molecule has 0 spiro atoms. The van der Waals surface area contributed by atoms with Crippen molar-refractivity contribution in [1.82, 2.24) is 0 Å². The molecule has 1 rings (SSSR count). The number of ether oxygens (including phenoxy) is 2. The lowest BCUT2D eigenvalue weighted by Crippen LogP contribution is -2.18. The molecular formula is C14H23NO2. The van der Waals surface area contributed by atoms with Crippen LogP contribution in [0.15, 0.2) is 12.1 Å². The summed E-state index contributed by atoms with van der Waals surface area (Å²) in [4.78, 5) is 0. The van der Waals surface area contributed by atoms with Crippen molar-refractivity contribution in [3.63, 3.8) is 0 Å². The molecule has 1 aromatic carbocycles. The normalized spacial score (nSPS) is 12.5. The van der Waals surface area contributed by atoms with Crippen LogP contribution in [0.5, 0.6) is 5.75 Å². The van der Waals surface area contributed by atoms with Gasteiger partial charge in [-0.15, -0.1) is 0 Å². The first kappa shape index (κ1) is 14.0. The van der Waals surface area contributed by atoms with Gasteiger partial charge in [0.2, 0.25) is 0 Å². The van der Waals surface area contributed by atoms with Gasteiger partial charge in [0.25, 0.3) is 0 Å². The Balaban J connectivity index is 2.99. The third kappa shape index (κ3) is 4.02. The molecular weight excluding hydrogens is 214 g/mol. The summed E-state index contributed by atoms with van der Waals surface area (Å²) in [6, 6.07) is 4.42. The summed E-state index contributed by atoms with van der Waals surface area (Å²) < 4.78 is 10.5. The summed E-state index contributed by atoms with van der Waals surface area (Å²) >= 11 is 0. The Kier molecular flexibility index (Phi) is 5.45. The number of nitrogens with two attached hydrogens (primary N) is 1. The van der Waals surface area contributed by atoms with Crippen LogP contribution in [-0.2, 0) is 17.6 Å². The van der Waals surface area contributed by atoms with E-state index in [-0.39, 0.29) is 6.04 Å². The Bertz CT molecular complexity index is 361. The van der Waals surface area contributed by atoms with Crippen LogP contribution in [-0.4, -0.2) is 26.9 Å². The highest BCUT2D eigenvalue weighted by atomic mass is 16.5. The standard InChI is InChI=1S/C14H23NO2/c1-10-7-14(17-4)13(8-11(2)15)9-12(10)5-6-16-3/h7,9,11H,5-6,8,15H2,1-4H3. The van der Waals surface area contributed by atoms with E-state index >= 15 is 0 Å². The maximum atomic E-state index is 5.86. The summed E-state index contributed by atoms with van der Waals surface area (Å²) in [5, 5.41) is 0. The minimum Gasteiger partial charge on any atom is -0.496 e. The lowest BCUT2D eigenvalue weighted by molar-refractivity contribution is 0.202. The van der Waals surface area contributed by atoms with Crippen LogP contribution in [0.1, 0.15) is 23.6 Å². The summed E-state index contributed by atoms with van der Waals surface area (Å²) in [7, 11) is 3.43. The smallest absolute Gasteiger partial charge is 0.122 e. The number of rotatable bonds is 6. The molecule has 17 heavy (non-hydrogen) atoms. The molecule has 0 fully saturated rings. The number of benzene rings is 1. The van der Waals surface area contributed by atoms with Gasteiger partial charge >= 0.3 is 0 Å². The number of aryl methyl sites for hydroxylation is 1. The zero-order valence-electron chi connectivity index (χ0n) is 11.2. The van der Waals surface area contributed by atoms with Crippen LogP contribution in [0.2, 0.25) is 0 Å². The Morgan fingerprint density at radius 1 is 1.24 bits per heavy atom. The molecule has 0 aliphatic rings. The van der Waals surface area contributed by atoms with E-state index in [1.807, 2.05) is 6.92 Å². The summed E-state index contributed by atoms with van der Waals surface area (Å²) in [5.74, 6) is 0.931. The molecule has 1 atom stereocenters. The monoisotopic (exact) mass is 237 g/mol. The molecule has 1 aromatic rings. The Labute approximate surface area is 104 Å². The van der Waals surface area contributed by atoms with Crippen molar-refractivity contribution in [2.45, 2.75) is 32.7 Å². The van der Waals surface area contributed by atoms with Gasteiger partial charge in [-0.05, 0) is 49.4 Å². The van der Waals surface area contributed by atoms with Gasteiger partial charge in [-0.2, -0.15) is 0 Å². The van der Waals surface area contributed by atoms with Crippen LogP contribution in [0, 0.1) is 6.92 Å². The summed E-state index contributed by atoms with van der Waals surface area (Å²) in [6.07, 6.45) is 1.77. The quantitative estimate of drug-likeness (QED) is 0.824. The lowest BCUT2D eigenvalue weighted by atomic mass is 9.98. The zero-order chi connectivity index (χ0) is 12.8. The highest BCUT2D eigenvalue weighted by Gasteiger charge is 2.09. The van der Waals surface area contributed by atoms with E-state index in [0.29, 0.717) is 0 Å². The molecule has 1 unspecified atom stereocenters. The lowest BCUT2D eigenvalue weighted by Gasteiger charge is -2.15. The molecule has 0 aliphatic carbocycles. The van der Waals surface area contributed by atoms with Crippen molar-refractivity contribution < 1.29 is 9.47 Å². The Hall–Kier alpha value is -1.06. The van der Waals surface area contributed by atoms with E-state index < -0.39 is 0 Å². The van der Waals surface area contributed by atoms with Crippen molar-refractivity contribution in [3.8, 4) is 5.75 Å². The molecule has 0 amide bonds. The van der Waals surface area contributed by atoms with Crippen LogP contribution in [0.4, 0.5) is 0 Å². The van der Waals surface area contributed by atoms with Gasteiger partial charge in [-0.3, -0.25) is 0 Å². The second-order valence-corrected chi connectivity index (χ2v) is 4.51. The van der Waals surface area contributed by atoms with Gasteiger partial charge in [0, 0.05) is 13.2 Å². The molecule has 2 N–H and O–H groups in total. The molecule has 0 bridgehead atoms. The van der Waals surface area contributed by atoms with E-state index in [0.717, 1.165) is 25.2 Å². The highest BCUT2D eigenvalue weighted by molar-refractivity contribution is 5.42. The van der Waals surface area contributed by atoms with Crippen LogP contribution in [0.3, 0.4) is 0 Å². The third-order valence-electron chi connectivity index (χ3n) is 2.86. The minimum absolute atomic E-state index is 0.141. The SMILES string of the molecule is COCCc1cc(CC(C)N)c(OC)cc1C. The predicted molar refractivity (Wildman–Crippen MR) is 70.7 cm³/mol. The predicted octanol–water partition coefficient (Wildman–Crippen LogP) is 2.08. The first-order valence-electron chi connectivity index (χ1n) is 5.99. The second kappa shape index (κ2) is 6.62. The van der Waals surface area contributed by atoms with Crippen LogP contribution in [0.25, 0.3) is 0 Å². The van der Waals surface area contributed by atoms with Crippen molar-refractivity contribution in [2.75, 3.05) is 20.8 Å². The second-order valence-electron chi connectivity index (χ2n) is 4.51. The Morgan fingerprint density at radius 2 is 1.94 bits per heavy atom. The van der Waals surface area contributed by atoms with Crippen molar-refractivity contribution in [1.29, 1.82) is 0 Å². The third-order valence-corrected chi connectivity index (χ3v) is 2.86. The average molecular weight is 237 g/mol. The zero-order valence-corrected chi connectivity index (χ0v) is 11.2. The van der Waals surface area contributed by atoms with E-state index in [1.54, 1.807) is 14.2 Å². The first-order chi connectivity index (χ1) is 8.08. The average Bonchev–Trinajstić information content (AvgIpc) is 2.28. The number of hydrogen-bond donors (Lipinski definition) is 1. The molecule has 0 saturated carbocycles. The van der Waals surface area contributed by atoms with Gasteiger partial charge in [0.15, 0.2) is 0 Å². The van der Waals surface area contributed by atoms with Crippen molar-refractivity contribution >= 4 is 0 Å². The van der Waals surface area contributed by atoms with Crippen molar-refractivity contribution in [3.05, 3.63) is 28.8 Å². The molecule has 3 heteroatoms. The molecule has 0 aromatic heterocycles. The largest absolute Gasteiger partial charge is 0.496 e. The first-order valence-corrected chi connectivity index (χ1v) is 5.99. The van der Waals surface area contributed by atoms with Gasteiger partial charge in [-0.1, -0.05) is 6.07 Å². The van der Waals surface area contributed by atoms with E-state index in [2.05, 4.69) is 19.1 Å². The molecule has 96 valence electrons. The topological polar surface area (TPSA) is 44.5 Å².